The quantitative estimate of drug-likeness (QED) is 0.0637. The van der Waals surface area contributed by atoms with E-state index in [9.17, 15) is 45.6 Å². The summed E-state index contributed by atoms with van der Waals surface area (Å²) in [5.41, 5.74) is -0.284. The molecule has 0 saturated carbocycles. The molecule has 296 valence electrons. The van der Waals surface area contributed by atoms with E-state index >= 15 is 4.79 Å². The van der Waals surface area contributed by atoms with E-state index in [0.717, 1.165) is 23.3 Å². The largest absolute Gasteiger partial charge is 0.508 e. The average Bonchev–Trinajstić information content (AvgIpc) is 3.37. The average molecular weight is 777 g/mol. The molecule has 1 aliphatic carbocycles. The fourth-order valence-corrected chi connectivity index (χ4v) is 8.42. The van der Waals surface area contributed by atoms with Gasteiger partial charge >= 0.3 is 0 Å². The zero-order valence-electron chi connectivity index (χ0n) is 32.0. The predicted octanol–water partition coefficient (Wildman–Crippen LogP) is 7.76. The van der Waals surface area contributed by atoms with E-state index in [1.807, 2.05) is 13.8 Å². The Balaban J connectivity index is 1.44. The normalized spacial score (nSPS) is 23.2. The van der Waals surface area contributed by atoms with Crippen LogP contribution in [0.3, 0.4) is 0 Å². The van der Waals surface area contributed by atoms with Crippen LogP contribution in [0.2, 0.25) is 0 Å². The van der Waals surface area contributed by atoms with Gasteiger partial charge in [-0.15, -0.1) is 0 Å². The molecular weight excluding hydrogens is 732 g/mol. The van der Waals surface area contributed by atoms with Gasteiger partial charge in [0, 0.05) is 53.5 Å². The second-order valence-electron chi connectivity index (χ2n) is 15.6. The smallest absolute Gasteiger partial charge is 0.286 e. The number of carbonyl (C=O) groups excluding carboxylic acids is 2. The zero-order valence-corrected chi connectivity index (χ0v) is 32.0. The van der Waals surface area contributed by atoms with Crippen molar-refractivity contribution in [3.05, 3.63) is 123 Å². The highest BCUT2D eigenvalue weighted by atomic mass is 16.7. The Morgan fingerprint density at radius 3 is 2.16 bits per heavy atom. The van der Waals surface area contributed by atoms with Crippen molar-refractivity contribution in [2.24, 2.45) is 5.92 Å². The summed E-state index contributed by atoms with van der Waals surface area (Å²) in [5.74, 6) is -10.6. The standard InChI is InChI=1S/C45H44O12/c1-21(2)6-9-27-32(48)13-11-28(40(27)51)41(52)37-29(26-10-7-24(46)18-33(26)49)16-23(5)17-30(37)38-34(50)20-36-39(42(38)53)43(54)44(15-14-22(3)4)45(55,57-36)31-12-8-25(47)19-35(31)56-44/h6-8,10-14,17-20,29-30,37,46-51,53,55H,9,15-16H2,1-5H3/t29-,30+,37-,44+,45+/m1/s1. The number of Topliss-reactive ketones (excluding diaryl/α,β-unsaturated/α-hetero) is 2. The van der Waals surface area contributed by atoms with Crippen LogP contribution in [0, 0.1) is 5.92 Å². The lowest BCUT2D eigenvalue weighted by Gasteiger charge is -2.43. The lowest BCUT2D eigenvalue weighted by molar-refractivity contribution is -0.221. The molecule has 57 heavy (non-hydrogen) atoms. The first-order valence-corrected chi connectivity index (χ1v) is 18.5. The Morgan fingerprint density at radius 1 is 0.789 bits per heavy atom. The summed E-state index contributed by atoms with van der Waals surface area (Å²) in [4.78, 5) is 30.0. The highest BCUT2D eigenvalue weighted by molar-refractivity contribution is 6.10. The number of phenols is 7. The second-order valence-corrected chi connectivity index (χ2v) is 15.6. The van der Waals surface area contributed by atoms with Gasteiger partial charge in [-0.2, -0.15) is 0 Å². The molecule has 3 aliphatic rings. The van der Waals surface area contributed by atoms with Crippen molar-refractivity contribution in [1.82, 2.24) is 0 Å². The van der Waals surface area contributed by atoms with Gasteiger partial charge in [-0.3, -0.25) is 9.59 Å². The number of ketones is 2. The first-order chi connectivity index (χ1) is 26.9. The molecule has 7 rings (SSSR count). The molecule has 4 aromatic rings. The molecule has 5 atom stereocenters. The number of ether oxygens (including phenoxy) is 2. The molecule has 2 heterocycles. The van der Waals surface area contributed by atoms with E-state index in [1.165, 1.54) is 42.5 Å². The van der Waals surface area contributed by atoms with Crippen LogP contribution in [0.1, 0.15) is 102 Å². The fraction of sp³-hybridized carbons (Fsp3) is 0.289. The molecule has 0 amide bonds. The minimum Gasteiger partial charge on any atom is -0.508 e. The van der Waals surface area contributed by atoms with Crippen molar-refractivity contribution < 1.29 is 59.9 Å². The van der Waals surface area contributed by atoms with Crippen LogP contribution < -0.4 is 9.47 Å². The minimum atomic E-state index is -2.46. The lowest BCUT2D eigenvalue weighted by atomic mass is 9.64. The van der Waals surface area contributed by atoms with E-state index in [-0.39, 0.29) is 81.6 Å². The summed E-state index contributed by atoms with van der Waals surface area (Å²) >= 11 is 0. The van der Waals surface area contributed by atoms with E-state index in [4.69, 9.17) is 9.47 Å². The molecule has 4 aromatic carbocycles. The van der Waals surface area contributed by atoms with Crippen molar-refractivity contribution >= 4 is 11.6 Å². The van der Waals surface area contributed by atoms with Crippen molar-refractivity contribution in [1.29, 1.82) is 0 Å². The van der Waals surface area contributed by atoms with Gasteiger partial charge in [0.15, 0.2) is 5.78 Å². The number of carbonyl (C=O) groups is 2. The Morgan fingerprint density at radius 2 is 1.47 bits per heavy atom. The van der Waals surface area contributed by atoms with Gasteiger partial charge in [0.25, 0.3) is 5.79 Å². The van der Waals surface area contributed by atoms with Gasteiger partial charge in [-0.1, -0.05) is 41.0 Å². The van der Waals surface area contributed by atoms with Crippen LogP contribution >= 0.6 is 0 Å². The third-order valence-electron chi connectivity index (χ3n) is 11.2. The molecule has 0 unspecified atom stereocenters. The van der Waals surface area contributed by atoms with Gasteiger partial charge < -0.3 is 50.3 Å². The van der Waals surface area contributed by atoms with Crippen molar-refractivity contribution in [2.45, 2.75) is 77.1 Å². The summed E-state index contributed by atoms with van der Waals surface area (Å²) in [7, 11) is 0. The highest BCUT2D eigenvalue weighted by Gasteiger charge is 2.70. The van der Waals surface area contributed by atoms with Crippen LogP contribution in [0.4, 0.5) is 0 Å². The molecule has 0 aromatic heterocycles. The maximum absolute atomic E-state index is 15.0. The Hall–Kier alpha value is -6.40. The van der Waals surface area contributed by atoms with Gasteiger partial charge in [-0.05, 0) is 83.4 Å². The Bertz CT molecular complexity index is 2450. The Kier molecular flexibility index (Phi) is 9.52. The van der Waals surface area contributed by atoms with Gasteiger partial charge in [0.05, 0.1) is 11.1 Å². The van der Waals surface area contributed by atoms with Crippen molar-refractivity contribution in [3.63, 3.8) is 0 Å². The van der Waals surface area contributed by atoms with Gasteiger partial charge in [0.1, 0.15) is 57.3 Å². The zero-order chi connectivity index (χ0) is 41.3. The summed E-state index contributed by atoms with van der Waals surface area (Å²) < 4.78 is 12.4. The number of hydrogen-bond acceptors (Lipinski definition) is 12. The van der Waals surface area contributed by atoms with Crippen LogP contribution in [-0.4, -0.2) is 58.0 Å². The molecule has 12 heteroatoms. The molecule has 0 spiro atoms. The summed E-state index contributed by atoms with van der Waals surface area (Å²) in [5, 5.41) is 90.2. The molecule has 0 bridgehead atoms. The maximum atomic E-state index is 15.0. The molecule has 0 radical (unpaired) electrons. The number of rotatable bonds is 8. The van der Waals surface area contributed by atoms with E-state index in [1.54, 1.807) is 39.0 Å². The molecular formula is C45H44O12. The van der Waals surface area contributed by atoms with E-state index < -0.39 is 63.5 Å². The summed E-state index contributed by atoms with van der Waals surface area (Å²) in [6.07, 6.45) is 5.18. The SMILES string of the molecule is CC(C)=CCc1c(O)ccc(C(=O)[C@H]2[C@@H](c3c(O)cc4c(c3O)C(=O)[C@]3(CC=C(C)C)Oc5cc(O)ccc5[C@]3(O)O4)C=C(C)C[C@@H]2c2ccc(O)cc2O)c1O. The van der Waals surface area contributed by atoms with E-state index in [2.05, 4.69) is 0 Å². The van der Waals surface area contributed by atoms with E-state index in [0.29, 0.717) is 5.57 Å². The van der Waals surface area contributed by atoms with Crippen molar-refractivity contribution in [2.75, 3.05) is 0 Å². The maximum Gasteiger partial charge on any atom is 0.286 e. The predicted molar refractivity (Wildman–Crippen MR) is 208 cm³/mol. The fourth-order valence-electron chi connectivity index (χ4n) is 8.42. The molecule has 8 N–H and O–H groups in total. The van der Waals surface area contributed by atoms with Crippen LogP contribution in [-0.2, 0) is 12.2 Å². The molecule has 0 fully saturated rings. The molecule has 12 nitrogen and oxygen atoms in total. The van der Waals surface area contributed by atoms with Crippen molar-refractivity contribution in [3.8, 4) is 51.7 Å². The molecule has 0 saturated heterocycles. The van der Waals surface area contributed by atoms with Crippen LogP contribution in [0.25, 0.3) is 0 Å². The lowest BCUT2D eigenvalue weighted by Crippen LogP contribution is -2.62. The van der Waals surface area contributed by atoms with Crippen LogP contribution in [0.15, 0.2) is 89.5 Å². The minimum absolute atomic E-state index is 0.0320. The first-order valence-electron chi connectivity index (χ1n) is 18.5. The highest BCUT2D eigenvalue weighted by Crippen LogP contribution is 2.60. The third kappa shape index (κ3) is 6.20. The van der Waals surface area contributed by atoms with Gasteiger partial charge in [0.2, 0.25) is 11.4 Å². The first kappa shape index (κ1) is 38.9. The summed E-state index contributed by atoms with van der Waals surface area (Å²) in [6, 6.07) is 11.5. The number of aliphatic hydroxyl groups is 1. The Labute approximate surface area is 328 Å². The summed E-state index contributed by atoms with van der Waals surface area (Å²) in [6.45, 7) is 9.03. The topological polar surface area (TPSA) is 214 Å². The molecule has 2 aliphatic heterocycles. The number of phenolic OH excluding ortho intramolecular Hbond substituents is 7. The number of hydrogen-bond donors (Lipinski definition) is 8. The number of fused-ring (bicyclic) bond motifs is 4. The number of aromatic hydroxyl groups is 7. The van der Waals surface area contributed by atoms with Gasteiger partial charge in [-0.25, -0.2) is 0 Å². The monoisotopic (exact) mass is 776 g/mol. The number of allylic oxidation sites excluding steroid dienone is 5. The number of benzene rings is 4. The second kappa shape index (κ2) is 14.0. The third-order valence-corrected chi connectivity index (χ3v) is 11.2. The van der Waals surface area contributed by atoms with Crippen LogP contribution in [0.5, 0.6) is 51.7 Å².